The van der Waals surface area contributed by atoms with E-state index in [4.69, 9.17) is 4.74 Å². The molecule has 2 aromatic rings. The van der Waals surface area contributed by atoms with Crippen LogP contribution in [0, 0.1) is 6.92 Å². The van der Waals surface area contributed by atoms with Crippen LogP contribution in [-0.4, -0.2) is 30.0 Å². The molecule has 22 heavy (non-hydrogen) atoms. The number of piperidine rings is 1. The average Bonchev–Trinajstić information content (AvgIpc) is 2.55. The lowest BCUT2D eigenvalue weighted by atomic mass is 10.1. The van der Waals surface area contributed by atoms with E-state index in [0.717, 1.165) is 36.3 Å². The van der Waals surface area contributed by atoms with Crippen LogP contribution in [0.25, 0.3) is 0 Å². The molecule has 1 fully saturated rings. The number of para-hydroxylation sites is 1. The number of ether oxygens (including phenoxy) is 1. The van der Waals surface area contributed by atoms with Crippen LogP contribution >= 0.6 is 0 Å². The molecule has 1 aliphatic heterocycles. The summed E-state index contributed by atoms with van der Waals surface area (Å²) in [7, 11) is 0. The van der Waals surface area contributed by atoms with E-state index in [2.05, 4.69) is 0 Å². The average molecular weight is 295 g/mol. The maximum absolute atomic E-state index is 12.6. The Hall–Kier alpha value is -2.29. The summed E-state index contributed by atoms with van der Waals surface area (Å²) in [6, 6.07) is 17.6. The molecule has 2 aromatic carbocycles. The number of carbonyl (C=O) groups excluding carboxylic acids is 1. The van der Waals surface area contributed by atoms with Crippen LogP contribution in [0.1, 0.15) is 28.8 Å². The highest BCUT2D eigenvalue weighted by Crippen LogP contribution is 2.19. The number of nitrogens with zero attached hydrogens (tertiary/aromatic N) is 1. The molecule has 0 saturated carbocycles. The van der Waals surface area contributed by atoms with Crippen molar-refractivity contribution < 1.29 is 9.53 Å². The van der Waals surface area contributed by atoms with E-state index in [0.29, 0.717) is 6.54 Å². The number of carbonyl (C=O) groups is 1. The zero-order chi connectivity index (χ0) is 15.4. The molecule has 0 bridgehead atoms. The Kier molecular flexibility index (Phi) is 4.42. The number of rotatable bonds is 3. The molecule has 1 saturated heterocycles. The molecule has 1 unspecified atom stereocenters. The highest BCUT2D eigenvalue weighted by Gasteiger charge is 2.25. The molecule has 1 atom stereocenters. The second kappa shape index (κ2) is 6.65. The minimum Gasteiger partial charge on any atom is -0.489 e. The van der Waals surface area contributed by atoms with Gasteiger partial charge in [-0.1, -0.05) is 35.9 Å². The number of amides is 1. The van der Waals surface area contributed by atoms with Gasteiger partial charge in [0.15, 0.2) is 0 Å². The van der Waals surface area contributed by atoms with Crippen molar-refractivity contribution in [2.75, 3.05) is 13.1 Å². The minimum atomic E-state index is 0.0740. The van der Waals surface area contributed by atoms with E-state index < -0.39 is 0 Å². The van der Waals surface area contributed by atoms with E-state index in [1.54, 1.807) is 0 Å². The smallest absolute Gasteiger partial charge is 0.253 e. The van der Waals surface area contributed by atoms with Crippen LogP contribution in [0.4, 0.5) is 0 Å². The third-order valence-electron chi connectivity index (χ3n) is 3.98. The lowest BCUT2D eigenvalue weighted by Crippen LogP contribution is -2.44. The molecule has 3 rings (SSSR count). The second-order valence-corrected chi connectivity index (χ2v) is 5.82. The molecular weight excluding hydrogens is 274 g/mol. The zero-order valence-electron chi connectivity index (χ0n) is 12.9. The van der Waals surface area contributed by atoms with E-state index in [1.165, 1.54) is 0 Å². The Labute approximate surface area is 131 Å². The molecule has 3 nitrogen and oxygen atoms in total. The molecule has 0 aromatic heterocycles. The molecule has 0 aliphatic carbocycles. The molecule has 1 heterocycles. The van der Waals surface area contributed by atoms with Crippen LogP contribution < -0.4 is 4.74 Å². The first kappa shape index (κ1) is 14.6. The van der Waals surface area contributed by atoms with Gasteiger partial charge in [-0.05, 0) is 44.0 Å². The second-order valence-electron chi connectivity index (χ2n) is 5.82. The standard InChI is InChI=1S/C19H21NO2/c1-15-7-5-8-16(13-15)19(21)20-12-6-11-18(14-20)22-17-9-3-2-4-10-17/h2-5,7-10,13,18H,6,11-12,14H2,1H3. The topological polar surface area (TPSA) is 29.5 Å². The summed E-state index contributed by atoms with van der Waals surface area (Å²) in [5.74, 6) is 0.974. The normalized spacial score (nSPS) is 18.0. The molecule has 114 valence electrons. The Balaban J connectivity index is 1.66. The Morgan fingerprint density at radius 3 is 2.73 bits per heavy atom. The Morgan fingerprint density at radius 2 is 1.95 bits per heavy atom. The van der Waals surface area contributed by atoms with Crippen molar-refractivity contribution in [3.63, 3.8) is 0 Å². The Morgan fingerprint density at radius 1 is 1.14 bits per heavy atom. The van der Waals surface area contributed by atoms with Gasteiger partial charge in [0.25, 0.3) is 5.91 Å². The van der Waals surface area contributed by atoms with Crippen LogP contribution in [-0.2, 0) is 0 Å². The molecule has 0 spiro atoms. The summed E-state index contributed by atoms with van der Waals surface area (Å²) in [6.07, 6.45) is 2.05. The number of aryl methyl sites for hydroxylation is 1. The first-order valence-corrected chi connectivity index (χ1v) is 7.80. The summed E-state index contributed by atoms with van der Waals surface area (Å²) in [5.41, 5.74) is 1.88. The number of likely N-dealkylation sites (tertiary alicyclic amines) is 1. The minimum absolute atomic E-state index is 0.0740. The zero-order valence-corrected chi connectivity index (χ0v) is 12.9. The van der Waals surface area contributed by atoms with Gasteiger partial charge >= 0.3 is 0 Å². The van der Waals surface area contributed by atoms with Gasteiger partial charge in [-0.3, -0.25) is 4.79 Å². The van der Waals surface area contributed by atoms with Gasteiger partial charge in [0.05, 0.1) is 6.54 Å². The first-order chi connectivity index (χ1) is 10.7. The van der Waals surface area contributed by atoms with Gasteiger partial charge in [-0.25, -0.2) is 0 Å². The van der Waals surface area contributed by atoms with Gasteiger partial charge < -0.3 is 9.64 Å². The van der Waals surface area contributed by atoms with E-state index in [1.807, 2.05) is 66.4 Å². The highest BCUT2D eigenvalue weighted by atomic mass is 16.5. The van der Waals surface area contributed by atoms with Crippen LogP contribution in [0.5, 0.6) is 5.75 Å². The van der Waals surface area contributed by atoms with E-state index >= 15 is 0 Å². The number of benzene rings is 2. The largest absolute Gasteiger partial charge is 0.489 e. The van der Waals surface area contributed by atoms with E-state index in [9.17, 15) is 4.79 Å². The fourth-order valence-electron chi connectivity index (χ4n) is 2.87. The van der Waals surface area contributed by atoms with Crippen LogP contribution in [0.3, 0.4) is 0 Å². The molecule has 1 amide bonds. The highest BCUT2D eigenvalue weighted by molar-refractivity contribution is 5.94. The third-order valence-corrected chi connectivity index (χ3v) is 3.98. The molecule has 0 radical (unpaired) electrons. The maximum Gasteiger partial charge on any atom is 0.253 e. The van der Waals surface area contributed by atoms with Crippen LogP contribution in [0.15, 0.2) is 54.6 Å². The SMILES string of the molecule is Cc1cccc(C(=O)N2CCCC(Oc3ccccc3)C2)c1. The summed E-state index contributed by atoms with van der Waals surface area (Å²) >= 11 is 0. The van der Waals surface area contributed by atoms with Gasteiger partial charge in [-0.15, -0.1) is 0 Å². The summed E-state index contributed by atoms with van der Waals surface area (Å²) < 4.78 is 6.00. The predicted molar refractivity (Wildman–Crippen MR) is 87.2 cm³/mol. The quantitative estimate of drug-likeness (QED) is 0.864. The van der Waals surface area contributed by atoms with Crippen molar-refractivity contribution in [3.8, 4) is 5.75 Å². The Bertz CT molecular complexity index is 639. The van der Waals surface area contributed by atoms with Crippen molar-refractivity contribution in [1.82, 2.24) is 4.90 Å². The van der Waals surface area contributed by atoms with Crippen molar-refractivity contribution in [1.29, 1.82) is 0 Å². The van der Waals surface area contributed by atoms with Gasteiger partial charge in [-0.2, -0.15) is 0 Å². The molecule has 0 N–H and O–H groups in total. The van der Waals surface area contributed by atoms with Crippen molar-refractivity contribution in [2.24, 2.45) is 0 Å². The predicted octanol–water partition coefficient (Wildman–Crippen LogP) is 3.68. The summed E-state index contributed by atoms with van der Waals surface area (Å²) in [6.45, 7) is 3.47. The summed E-state index contributed by atoms with van der Waals surface area (Å²) in [5, 5.41) is 0. The fraction of sp³-hybridized carbons (Fsp3) is 0.316. The van der Waals surface area contributed by atoms with Crippen molar-refractivity contribution in [2.45, 2.75) is 25.9 Å². The lowest BCUT2D eigenvalue weighted by Gasteiger charge is -2.33. The number of hydrogen-bond donors (Lipinski definition) is 0. The van der Waals surface area contributed by atoms with Crippen LogP contribution in [0.2, 0.25) is 0 Å². The summed E-state index contributed by atoms with van der Waals surface area (Å²) in [4.78, 5) is 14.5. The monoisotopic (exact) mass is 295 g/mol. The molecular formula is C19H21NO2. The fourth-order valence-corrected chi connectivity index (χ4v) is 2.87. The van der Waals surface area contributed by atoms with Gasteiger partial charge in [0.2, 0.25) is 0 Å². The number of hydrogen-bond acceptors (Lipinski definition) is 2. The van der Waals surface area contributed by atoms with Crippen molar-refractivity contribution in [3.05, 3.63) is 65.7 Å². The first-order valence-electron chi connectivity index (χ1n) is 7.80. The molecule has 1 aliphatic rings. The lowest BCUT2D eigenvalue weighted by molar-refractivity contribution is 0.0538. The third kappa shape index (κ3) is 3.48. The van der Waals surface area contributed by atoms with Crippen molar-refractivity contribution >= 4 is 5.91 Å². The molecule has 3 heteroatoms. The van der Waals surface area contributed by atoms with E-state index in [-0.39, 0.29) is 12.0 Å². The van der Waals surface area contributed by atoms with Gasteiger partial charge in [0.1, 0.15) is 11.9 Å². The maximum atomic E-state index is 12.6. The van der Waals surface area contributed by atoms with Gasteiger partial charge in [0, 0.05) is 12.1 Å².